The zero-order valence-corrected chi connectivity index (χ0v) is 27.4. The highest BCUT2D eigenvalue weighted by molar-refractivity contribution is 5.91. The molecule has 4 aromatic carbocycles. The highest BCUT2D eigenvalue weighted by Gasteiger charge is 2.38. The zero-order valence-electron chi connectivity index (χ0n) is 27.4. The molecule has 2 heterocycles. The van der Waals surface area contributed by atoms with Gasteiger partial charge in [-0.2, -0.15) is 13.2 Å². The Balaban J connectivity index is 1.17. The number of nitrogens with one attached hydrogen (secondary N) is 1. The molecule has 11 heteroatoms. The highest BCUT2D eigenvalue weighted by Crippen LogP contribution is 2.31. The molecule has 0 spiro atoms. The molecule has 260 valence electrons. The van der Waals surface area contributed by atoms with Gasteiger partial charge in [-0.05, 0) is 76.9 Å². The second-order valence-corrected chi connectivity index (χ2v) is 12.8. The summed E-state index contributed by atoms with van der Waals surface area (Å²) in [5.74, 6) is -1.25. The molecule has 2 aliphatic rings. The molecule has 3 amide bonds. The van der Waals surface area contributed by atoms with Gasteiger partial charge >= 0.3 is 18.2 Å². The number of amides is 3. The van der Waals surface area contributed by atoms with Crippen molar-refractivity contribution < 1.29 is 37.4 Å². The average molecular weight is 686 g/mol. The molecule has 2 atom stereocenters. The van der Waals surface area contributed by atoms with E-state index < -0.39 is 35.7 Å². The average Bonchev–Trinajstić information content (AvgIpc) is 3.13. The van der Waals surface area contributed by atoms with Gasteiger partial charge in [-0.1, -0.05) is 72.8 Å². The smallest absolute Gasteiger partial charge is 0.416 e. The van der Waals surface area contributed by atoms with Gasteiger partial charge in [0.2, 0.25) is 5.91 Å². The van der Waals surface area contributed by atoms with Gasteiger partial charge in [-0.15, -0.1) is 0 Å². The van der Waals surface area contributed by atoms with Crippen LogP contribution in [-0.4, -0.2) is 58.0 Å². The third-order valence-corrected chi connectivity index (χ3v) is 9.29. The van der Waals surface area contributed by atoms with E-state index in [1.54, 1.807) is 17.0 Å². The summed E-state index contributed by atoms with van der Waals surface area (Å²) in [5.41, 5.74) is 4.20. The monoisotopic (exact) mass is 685 g/mol. The second kappa shape index (κ2) is 15.1. The molecule has 0 radical (unpaired) electrons. The lowest BCUT2D eigenvalue weighted by molar-refractivity contribution is -0.142. The summed E-state index contributed by atoms with van der Waals surface area (Å²) in [4.78, 5) is 43.4. The molecule has 50 heavy (non-hydrogen) atoms. The van der Waals surface area contributed by atoms with Gasteiger partial charge in [-0.3, -0.25) is 4.79 Å². The molecular weight excluding hydrogens is 647 g/mol. The number of benzene rings is 4. The number of fused-ring (bicyclic) bond motifs is 1. The Hall–Kier alpha value is -5.32. The van der Waals surface area contributed by atoms with Crippen LogP contribution in [0.2, 0.25) is 0 Å². The van der Waals surface area contributed by atoms with E-state index in [0.717, 1.165) is 59.2 Å². The summed E-state index contributed by atoms with van der Waals surface area (Å²) in [7, 11) is 0. The van der Waals surface area contributed by atoms with Crippen molar-refractivity contribution in [3.63, 3.8) is 0 Å². The molecule has 1 fully saturated rings. The number of likely N-dealkylation sites (tertiary alicyclic amines) is 1. The minimum Gasteiger partial charge on any atom is -0.489 e. The largest absolute Gasteiger partial charge is 0.489 e. The molecule has 4 aromatic rings. The summed E-state index contributed by atoms with van der Waals surface area (Å²) >= 11 is 0. The molecular formula is C39H38F3N3O5. The van der Waals surface area contributed by atoms with Crippen LogP contribution in [-0.2, 0) is 41.8 Å². The van der Waals surface area contributed by atoms with Crippen molar-refractivity contribution in [2.75, 3.05) is 13.1 Å². The Morgan fingerprint density at radius 1 is 0.820 bits per heavy atom. The van der Waals surface area contributed by atoms with Crippen LogP contribution in [0.25, 0.3) is 11.1 Å². The van der Waals surface area contributed by atoms with Gasteiger partial charge in [0, 0.05) is 32.5 Å². The van der Waals surface area contributed by atoms with E-state index in [2.05, 4.69) is 5.32 Å². The predicted molar refractivity (Wildman–Crippen MR) is 181 cm³/mol. The Morgan fingerprint density at radius 2 is 1.48 bits per heavy atom. The molecule has 0 aliphatic carbocycles. The summed E-state index contributed by atoms with van der Waals surface area (Å²) in [5, 5.41) is 12.8. The number of carbonyl (C=O) groups excluding carboxylic acids is 2. The number of piperidine rings is 1. The molecule has 0 unspecified atom stereocenters. The fourth-order valence-corrected chi connectivity index (χ4v) is 6.48. The summed E-state index contributed by atoms with van der Waals surface area (Å²) in [6.45, 7) is 1.30. The first kappa shape index (κ1) is 34.5. The number of rotatable bonds is 9. The molecule has 0 aromatic heterocycles. The molecule has 8 nitrogen and oxygen atoms in total. The van der Waals surface area contributed by atoms with Gasteiger partial charge in [0.05, 0.1) is 5.56 Å². The van der Waals surface area contributed by atoms with Crippen molar-refractivity contribution in [3.8, 4) is 16.9 Å². The number of carboxylic acid groups (broad SMARTS) is 1. The van der Waals surface area contributed by atoms with Crippen LogP contribution in [0.4, 0.5) is 18.0 Å². The van der Waals surface area contributed by atoms with E-state index in [-0.39, 0.29) is 32.0 Å². The minimum absolute atomic E-state index is 0.0456. The maximum Gasteiger partial charge on any atom is 0.416 e. The van der Waals surface area contributed by atoms with Gasteiger partial charge in [0.25, 0.3) is 0 Å². The number of ether oxygens (including phenoxy) is 1. The van der Waals surface area contributed by atoms with Crippen LogP contribution >= 0.6 is 0 Å². The Bertz CT molecular complexity index is 1810. The van der Waals surface area contributed by atoms with Crippen molar-refractivity contribution in [2.45, 2.75) is 63.5 Å². The number of carbonyl (C=O) groups is 3. The highest BCUT2D eigenvalue weighted by atomic mass is 19.4. The first-order valence-corrected chi connectivity index (χ1v) is 16.7. The van der Waals surface area contributed by atoms with Gasteiger partial charge in [0.15, 0.2) is 0 Å². The maximum atomic E-state index is 13.9. The number of aliphatic carboxylic acids is 1. The number of halogens is 3. The summed E-state index contributed by atoms with van der Waals surface area (Å²) in [6, 6.07) is 25.0. The van der Waals surface area contributed by atoms with Gasteiger partial charge in [-0.25, -0.2) is 9.59 Å². The van der Waals surface area contributed by atoms with Crippen LogP contribution in [0.15, 0.2) is 97.1 Å². The summed E-state index contributed by atoms with van der Waals surface area (Å²) in [6.07, 6.45) is -1.44. The van der Waals surface area contributed by atoms with Gasteiger partial charge < -0.3 is 25.0 Å². The number of carboxylic acids is 1. The summed E-state index contributed by atoms with van der Waals surface area (Å²) < 4.78 is 44.7. The van der Waals surface area contributed by atoms with E-state index in [0.29, 0.717) is 24.4 Å². The van der Waals surface area contributed by atoms with Crippen LogP contribution in [0.1, 0.15) is 47.1 Å². The third kappa shape index (κ3) is 8.27. The lowest BCUT2D eigenvalue weighted by atomic mass is 9.92. The SMILES string of the molecule is O=C(O)[C@H](Cc1ccc(-c2ccccc2)cc1)NC(=O)[C@@H]1Cc2ccc(OCc3ccc(C(F)(F)F)cc3)cc2CN1C(=O)N1CCCCC1. The Labute approximate surface area is 288 Å². The van der Waals surface area contributed by atoms with E-state index in [4.69, 9.17) is 4.74 Å². The van der Waals surface area contributed by atoms with Crippen LogP contribution < -0.4 is 10.1 Å². The van der Waals surface area contributed by atoms with Crippen molar-refractivity contribution in [1.82, 2.24) is 15.1 Å². The fourth-order valence-electron chi connectivity index (χ4n) is 6.48. The maximum absolute atomic E-state index is 13.9. The number of alkyl halides is 3. The van der Waals surface area contributed by atoms with E-state index in [1.807, 2.05) is 60.7 Å². The first-order valence-electron chi connectivity index (χ1n) is 16.7. The fraction of sp³-hybridized carbons (Fsp3) is 0.308. The number of urea groups is 1. The topological polar surface area (TPSA) is 99.2 Å². The standard InChI is InChI=1S/C39H38F3N3O5/c40-39(41,42)32-16-11-27(12-17-32)25-50-33-18-15-30-23-35(45(24-31(30)22-33)38(49)44-19-5-2-6-20-44)36(46)43-34(37(47)48)21-26-9-13-29(14-10-26)28-7-3-1-4-8-28/h1,3-4,7-18,22,34-35H,2,5-6,19-21,23-25H2,(H,43,46)(H,47,48)/t34-,35-/m0/s1. The van der Waals surface area contributed by atoms with Crippen molar-refractivity contribution in [1.29, 1.82) is 0 Å². The number of hydrogen-bond donors (Lipinski definition) is 2. The minimum atomic E-state index is -4.42. The second-order valence-electron chi connectivity index (χ2n) is 12.8. The Kier molecular flexibility index (Phi) is 10.4. The van der Waals surface area contributed by atoms with Crippen LogP contribution in [0.5, 0.6) is 5.75 Å². The van der Waals surface area contributed by atoms with Crippen LogP contribution in [0, 0.1) is 0 Å². The van der Waals surface area contributed by atoms with E-state index in [1.165, 1.54) is 17.0 Å². The van der Waals surface area contributed by atoms with Crippen molar-refractivity contribution in [3.05, 3.63) is 125 Å². The van der Waals surface area contributed by atoms with E-state index >= 15 is 0 Å². The molecule has 6 rings (SSSR count). The van der Waals surface area contributed by atoms with Crippen LogP contribution in [0.3, 0.4) is 0 Å². The number of hydrogen-bond acceptors (Lipinski definition) is 4. The molecule has 0 bridgehead atoms. The normalized spacial score (nSPS) is 16.7. The molecule has 2 aliphatic heterocycles. The zero-order chi connectivity index (χ0) is 35.3. The van der Waals surface area contributed by atoms with Gasteiger partial charge in [0.1, 0.15) is 24.4 Å². The first-order chi connectivity index (χ1) is 24.0. The predicted octanol–water partition coefficient (Wildman–Crippen LogP) is 7.10. The van der Waals surface area contributed by atoms with E-state index in [9.17, 15) is 32.7 Å². The Morgan fingerprint density at radius 3 is 2.14 bits per heavy atom. The molecule has 0 saturated carbocycles. The molecule has 1 saturated heterocycles. The molecule has 2 N–H and O–H groups in total. The lowest BCUT2D eigenvalue weighted by Crippen LogP contribution is -2.58. The third-order valence-electron chi connectivity index (χ3n) is 9.29. The van der Waals surface area contributed by atoms with Crippen molar-refractivity contribution >= 4 is 17.9 Å². The lowest BCUT2D eigenvalue weighted by Gasteiger charge is -2.40. The van der Waals surface area contributed by atoms with Crippen molar-refractivity contribution in [2.24, 2.45) is 0 Å². The quantitative estimate of drug-likeness (QED) is 0.196. The number of nitrogens with zero attached hydrogens (tertiary/aromatic N) is 2.